The Morgan fingerprint density at radius 1 is 1.00 bits per heavy atom. The van der Waals surface area contributed by atoms with Crippen LogP contribution < -0.4 is 9.80 Å². The highest BCUT2D eigenvalue weighted by Gasteiger charge is 2.59. The highest BCUT2D eigenvalue weighted by atomic mass is 32.1. The SMILES string of the molecule is CC(C)(C)OC(=O)N1CCN(C(=O)c2ccc(N3C([S+]=O)N(c4ccc(C#N)c(C(F)(F)F)c4)C(=O)C3(C)C)cc2F)CC1. The van der Waals surface area contributed by atoms with Gasteiger partial charge in [0.2, 0.25) is 0 Å². The zero-order valence-corrected chi connectivity index (χ0v) is 25.4. The molecule has 0 spiro atoms. The third kappa shape index (κ3) is 6.17. The second kappa shape index (κ2) is 11.6. The Morgan fingerprint density at radius 3 is 2.11 bits per heavy atom. The van der Waals surface area contributed by atoms with Crippen molar-refractivity contribution in [3.05, 3.63) is 58.9 Å². The minimum absolute atomic E-state index is 0.0488. The van der Waals surface area contributed by atoms with Crippen molar-refractivity contribution in [2.75, 3.05) is 36.0 Å². The highest BCUT2D eigenvalue weighted by molar-refractivity contribution is 7.66. The van der Waals surface area contributed by atoms with Gasteiger partial charge >= 0.3 is 29.4 Å². The van der Waals surface area contributed by atoms with Crippen molar-refractivity contribution in [1.29, 1.82) is 5.26 Å². The zero-order chi connectivity index (χ0) is 32.8. The molecule has 1 unspecified atom stereocenters. The summed E-state index contributed by atoms with van der Waals surface area (Å²) in [7, 11) is 0. The molecule has 2 heterocycles. The minimum atomic E-state index is -4.90. The molecule has 44 heavy (non-hydrogen) atoms. The number of alkyl halides is 3. The van der Waals surface area contributed by atoms with E-state index in [0.717, 1.165) is 23.1 Å². The number of benzene rings is 2. The highest BCUT2D eigenvalue weighted by Crippen LogP contribution is 2.41. The van der Waals surface area contributed by atoms with E-state index in [0.29, 0.717) is 6.07 Å². The van der Waals surface area contributed by atoms with Crippen LogP contribution in [0.25, 0.3) is 0 Å². The summed E-state index contributed by atoms with van der Waals surface area (Å²) in [5, 5.41) is 9.13. The number of carbonyl (C=O) groups is 3. The maximum Gasteiger partial charge on any atom is 0.511 e. The Kier molecular flexibility index (Phi) is 8.62. The Hall–Kier alpha value is -4.32. The Labute approximate surface area is 255 Å². The number of hydrogen-bond acceptors (Lipinski definition) is 7. The summed E-state index contributed by atoms with van der Waals surface area (Å²) in [4.78, 5) is 44.0. The monoisotopic (exact) mass is 636 g/mol. The average Bonchev–Trinajstić information content (AvgIpc) is 3.15. The molecule has 0 saturated carbocycles. The lowest BCUT2D eigenvalue weighted by atomic mass is 10.0. The molecule has 1 atom stereocenters. The molecule has 2 fully saturated rings. The van der Waals surface area contributed by atoms with Gasteiger partial charge in [0.15, 0.2) is 0 Å². The van der Waals surface area contributed by atoms with E-state index in [1.54, 1.807) is 20.8 Å². The second-order valence-electron chi connectivity index (χ2n) is 11.8. The van der Waals surface area contributed by atoms with E-state index in [4.69, 9.17) is 10.00 Å². The van der Waals surface area contributed by atoms with Crippen LogP contribution in [0.5, 0.6) is 0 Å². The van der Waals surface area contributed by atoms with E-state index in [1.807, 2.05) is 0 Å². The molecule has 0 N–H and O–H groups in total. The van der Waals surface area contributed by atoms with Gasteiger partial charge in [-0.15, -0.1) is 0 Å². The van der Waals surface area contributed by atoms with Crippen molar-refractivity contribution in [3.63, 3.8) is 0 Å². The number of ether oxygens (including phenoxy) is 1. The molecule has 2 saturated heterocycles. The molecular formula is C29H30F4N5O5S+. The van der Waals surface area contributed by atoms with Crippen LogP contribution in [-0.4, -0.2) is 70.5 Å². The third-order valence-electron chi connectivity index (χ3n) is 7.26. The second-order valence-corrected chi connectivity index (χ2v) is 12.4. The van der Waals surface area contributed by atoms with E-state index < -0.39 is 57.7 Å². The van der Waals surface area contributed by atoms with Crippen LogP contribution in [0.15, 0.2) is 36.4 Å². The van der Waals surface area contributed by atoms with Crippen molar-refractivity contribution in [2.24, 2.45) is 0 Å². The lowest BCUT2D eigenvalue weighted by Crippen LogP contribution is -2.51. The number of rotatable bonds is 4. The fourth-order valence-corrected chi connectivity index (χ4v) is 5.88. The average molecular weight is 637 g/mol. The van der Waals surface area contributed by atoms with Crippen LogP contribution in [0.2, 0.25) is 0 Å². The summed E-state index contributed by atoms with van der Waals surface area (Å²) in [6, 6.07) is 7.72. The molecule has 2 aromatic rings. The number of hydrogen-bond donors (Lipinski definition) is 0. The minimum Gasteiger partial charge on any atom is -0.444 e. The maximum absolute atomic E-state index is 15.5. The van der Waals surface area contributed by atoms with Crippen LogP contribution in [0, 0.1) is 17.1 Å². The van der Waals surface area contributed by atoms with Gasteiger partial charge in [0.25, 0.3) is 11.8 Å². The fourth-order valence-electron chi connectivity index (χ4n) is 5.10. The van der Waals surface area contributed by atoms with Crippen LogP contribution in [0.4, 0.5) is 33.7 Å². The van der Waals surface area contributed by atoms with Gasteiger partial charge in [-0.2, -0.15) is 18.4 Å². The maximum atomic E-state index is 15.5. The molecule has 3 amide bonds. The summed E-state index contributed by atoms with van der Waals surface area (Å²) < 4.78 is 74.1. The van der Waals surface area contributed by atoms with Gasteiger partial charge in [0, 0.05) is 36.1 Å². The molecule has 2 aliphatic heterocycles. The van der Waals surface area contributed by atoms with Gasteiger partial charge in [0.05, 0.1) is 28.4 Å². The molecule has 4 rings (SSSR count). The summed E-state index contributed by atoms with van der Waals surface area (Å²) in [6.07, 6.45) is -5.41. The predicted molar refractivity (Wildman–Crippen MR) is 152 cm³/mol. The molecule has 2 aromatic carbocycles. The number of carbonyl (C=O) groups excluding carboxylic acids is 3. The smallest absolute Gasteiger partial charge is 0.444 e. The van der Waals surface area contributed by atoms with Gasteiger partial charge in [-0.25, -0.2) is 14.1 Å². The molecule has 10 nitrogen and oxygen atoms in total. The molecule has 234 valence electrons. The molecular weight excluding hydrogens is 606 g/mol. The molecule has 0 radical (unpaired) electrons. The van der Waals surface area contributed by atoms with E-state index in [-0.39, 0.29) is 54.8 Å². The summed E-state index contributed by atoms with van der Waals surface area (Å²) in [5.74, 6) is -2.29. The first-order chi connectivity index (χ1) is 20.4. The number of halogens is 4. The van der Waals surface area contributed by atoms with Crippen LogP contribution in [-0.2, 0) is 31.6 Å². The van der Waals surface area contributed by atoms with E-state index in [1.165, 1.54) is 46.7 Å². The van der Waals surface area contributed by atoms with Crippen LogP contribution in [0.3, 0.4) is 0 Å². The lowest BCUT2D eigenvalue weighted by Gasteiger charge is -2.35. The van der Waals surface area contributed by atoms with Gasteiger partial charge in [-0.1, -0.05) is 0 Å². The molecule has 0 aromatic heterocycles. The molecule has 0 bridgehead atoms. The summed E-state index contributed by atoms with van der Waals surface area (Å²) in [6.45, 7) is 8.75. The molecule has 15 heteroatoms. The molecule has 2 aliphatic rings. The quantitative estimate of drug-likeness (QED) is 0.352. The lowest BCUT2D eigenvalue weighted by molar-refractivity contribution is -0.137. The number of nitrogens with zero attached hydrogens (tertiary/aromatic N) is 5. The topological polar surface area (TPSA) is 114 Å². The fraction of sp³-hybridized carbons (Fsp3) is 0.448. The van der Waals surface area contributed by atoms with Gasteiger partial charge in [-0.05, 0) is 71.0 Å². The summed E-state index contributed by atoms with van der Waals surface area (Å²) >= 11 is -0.0928. The number of amides is 3. The predicted octanol–water partition coefficient (Wildman–Crippen LogP) is 4.75. The Morgan fingerprint density at radius 2 is 1.59 bits per heavy atom. The Bertz CT molecular complexity index is 1540. The van der Waals surface area contributed by atoms with Gasteiger partial charge in [0.1, 0.15) is 17.0 Å². The number of anilines is 2. The number of piperazine rings is 1. The Balaban J connectivity index is 1.59. The largest absolute Gasteiger partial charge is 0.511 e. The third-order valence-corrected chi connectivity index (χ3v) is 7.85. The van der Waals surface area contributed by atoms with Crippen LogP contribution in [0.1, 0.15) is 56.1 Å². The van der Waals surface area contributed by atoms with E-state index in [9.17, 15) is 31.8 Å². The van der Waals surface area contributed by atoms with Crippen molar-refractivity contribution >= 4 is 40.9 Å². The standard InChI is InChI=1S/C29H30F4N5O5S/c1-27(2,3)43-26(41)36-12-10-35(11-13-36)23(39)20-9-8-19(15-22(20)30)38-25(44-42)37(24(40)28(38,4)5)18-7-6-17(16-34)21(14-18)29(31,32)33/h6-9,14-15,25H,10-13H2,1-5H3/q+1. The van der Waals surface area contributed by atoms with Crippen molar-refractivity contribution < 1.29 is 40.9 Å². The number of nitriles is 1. The van der Waals surface area contributed by atoms with Gasteiger partial charge in [-0.3, -0.25) is 14.5 Å². The molecule has 0 aliphatic carbocycles. The van der Waals surface area contributed by atoms with E-state index >= 15 is 4.39 Å². The zero-order valence-electron chi connectivity index (χ0n) is 24.6. The first-order valence-electron chi connectivity index (χ1n) is 13.5. The normalized spacial score (nSPS) is 18.7. The van der Waals surface area contributed by atoms with E-state index in [2.05, 4.69) is 0 Å². The van der Waals surface area contributed by atoms with Crippen molar-refractivity contribution in [2.45, 2.75) is 57.4 Å². The summed E-state index contributed by atoms with van der Waals surface area (Å²) in [5.41, 5.74) is -6.01. The first kappa shape index (κ1) is 32.6. The van der Waals surface area contributed by atoms with Crippen molar-refractivity contribution in [1.82, 2.24) is 9.80 Å². The van der Waals surface area contributed by atoms with Gasteiger partial charge < -0.3 is 14.5 Å². The van der Waals surface area contributed by atoms with Crippen molar-refractivity contribution in [3.8, 4) is 6.07 Å². The first-order valence-corrected chi connectivity index (χ1v) is 14.3. The van der Waals surface area contributed by atoms with Crippen LogP contribution >= 0.6 is 0 Å².